The monoisotopic (exact) mass is 347 g/mol. The van der Waals surface area contributed by atoms with Crippen LogP contribution >= 0.6 is 11.6 Å². The number of nitrogens with one attached hydrogen (secondary N) is 1. The average Bonchev–Trinajstić information content (AvgIpc) is 2.56. The molecule has 24 heavy (non-hydrogen) atoms. The van der Waals surface area contributed by atoms with E-state index in [4.69, 9.17) is 16.3 Å². The first-order valence-electron chi connectivity index (χ1n) is 7.73. The third-order valence-corrected chi connectivity index (χ3v) is 4.13. The predicted molar refractivity (Wildman–Crippen MR) is 90.0 cm³/mol. The number of rotatable bonds is 3. The maximum Gasteiger partial charge on any atom is 0.251 e. The van der Waals surface area contributed by atoms with Crippen molar-refractivity contribution in [3.63, 3.8) is 0 Å². The van der Waals surface area contributed by atoms with E-state index in [0.717, 1.165) is 5.56 Å². The highest BCUT2D eigenvalue weighted by molar-refractivity contribution is 6.30. The molecule has 126 valence electrons. The van der Waals surface area contributed by atoms with Crippen molar-refractivity contribution in [2.45, 2.75) is 19.4 Å². The molecule has 6 nitrogen and oxygen atoms in total. The third-order valence-electron chi connectivity index (χ3n) is 3.88. The third kappa shape index (κ3) is 4.01. The highest BCUT2D eigenvalue weighted by Gasteiger charge is 2.27. The topological polar surface area (TPSA) is 75.3 Å². The van der Waals surface area contributed by atoms with Crippen molar-refractivity contribution >= 4 is 17.5 Å². The molecule has 1 atom stereocenters. The highest BCUT2D eigenvalue weighted by Crippen LogP contribution is 2.19. The van der Waals surface area contributed by atoms with Crippen LogP contribution in [0.5, 0.6) is 0 Å². The molecule has 1 saturated heterocycles. The Balaban J connectivity index is 1.69. The van der Waals surface area contributed by atoms with E-state index in [9.17, 15) is 9.59 Å². The first kappa shape index (κ1) is 16.7. The SMILES string of the molecule is Cc1cc(=O)[nH]c(C2CN(C(=O)Cc3ccc(Cl)cc3)CCO2)n1. The lowest BCUT2D eigenvalue weighted by molar-refractivity contribution is -0.138. The molecule has 0 spiro atoms. The van der Waals surface area contributed by atoms with Crippen molar-refractivity contribution in [1.82, 2.24) is 14.9 Å². The summed E-state index contributed by atoms with van der Waals surface area (Å²) < 4.78 is 5.68. The van der Waals surface area contributed by atoms with Crippen LogP contribution < -0.4 is 5.56 Å². The van der Waals surface area contributed by atoms with Crippen LogP contribution in [0.4, 0.5) is 0 Å². The van der Waals surface area contributed by atoms with Crippen LogP contribution in [0, 0.1) is 6.92 Å². The number of halogens is 1. The smallest absolute Gasteiger partial charge is 0.251 e. The Kier molecular flexibility index (Phi) is 4.97. The first-order valence-corrected chi connectivity index (χ1v) is 8.11. The quantitative estimate of drug-likeness (QED) is 0.919. The van der Waals surface area contributed by atoms with Crippen LogP contribution in [0.1, 0.15) is 23.2 Å². The van der Waals surface area contributed by atoms with Crippen LogP contribution in [0.3, 0.4) is 0 Å². The molecule has 1 amide bonds. The number of carbonyl (C=O) groups is 1. The van der Waals surface area contributed by atoms with E-state index in [1.165, 1.54) is 6.07 Å². The second kappa shape index (κ2) is 7.15. The molecule has 3 rings (SSSR count). The summed E-state index contributed by atoms with van der Waals surface area (Å²) in [6, 6.07) is 8.66. The number of nitrogens with zero attached hydrogens (tertiary/aromatic N) is 2. The standard InChI is InChI=1S/C17H18ClN3O3/c1-11-8-15(22)20-17(19-11)14-10-21(6-7-24-14)16(23)9-12-2-4-13(18)5-3-12/h2-5,8,14H,6-7,9-10H2,1H3,(H,19,20,22). The van der Waals surface area contributed by atoms with Gasteiger partial charge in [-0.2, -0.15) is 0 Å². The number of amides is 1. The van der Waals surface area contributed by atoms with Gasteiger partial charge in [0, 0.05) is 23.3 Å². The molecule has 0 bridgehead atoms. The van der Waals surface area contributed by atoms with Gasteiger partial charge in [0.25, 0.3) is 5.56 Å². The molecule has 0 aliphatic carbocycles. The molecule has 1 aliphatic heterocycles. The van der Waals surface area contributed by atoms with Gasteiger partial charge >= 0.3 is 0 Å². The zero-order valence-corrected chi connectivity index (χ0v) is 14.0. The lowest BCUT2D eigenvalue weighted by Gasteiger charge is -2.32. The molecule has 2 aromatic rings. The van der Waals surface area contributed by atoms with E-state index < -0.39 is 6.10 Å². The number of aryl methyl sites for hydroxylation is 1. The number of aromatic nitrogens is 2. The van der Waals surface area contributed by atoms with E-state index in [1.54, 1.807) is 24.0 Å². The van der Waals surface area contributed by atoms with Gasteiger partial charge in [-0.15, -0.1) is 0 Å². The fourth-order valence-electron chi connectivity index (χ4n) is 2.68. The number of benzene rings is 1. The molecular formula is C17H18ClN3O3. The van der Waals surface area contributed by atoms with E-state index in [1.807, 2.05) is 12.1 Å². The molecular weight excluding hydrogens is 330 g/mol. The number of hydrogen-bond donors (Lipinski definition) is 1. The second-order valence-electron chi connectivity index (χ2n) is 5.77. The Morgan fingerprint density at radius 2 is 2.17 bits per heavy atom. The molecule has 2 heterocycles. The summed E-state index contributed by atoms with van der Waals surface area (Å²) in [4.78, 5) is 32.8. The summed E-state index contributed by atoms with van der Waals surface area (Å²) in [5, 5.41) is 0.645. The zero-order chi connectivity index (χ0) is 17.1. The van der Waals surface area contributed by atoms with Gasteiger partial charge in [0.1, 0.15) is 11.9 Å². The van der Waals surface area contributed by atoms with Gasteiger partial charge in [0.2, 0.25) is 5.91 Å². The Morgan fingerprint density at radius 1 is 1.42 bits per heavy atom. The highest BCUT2D eigenvalue weighted by atomic mass is 35.5. The molecule has 1 fully saturated rings. The number of morpholine rings is 1. The normalized spacial score (nSPS) is 17.8. The zero-order valence-electron chi connectivity index (χ0n) is 13.3. The molecule has 1 aromatic heterocycles. The summed E-state index contributed by atoms with van der Waals surface area (Å²) in [5.41, 5.74) is 1.32. The summed E-state index contributed by atoms with van der Waals surface area (Å²) in [6.45, 7) is 3.07. The fourth-order valence-corrected chi connectivity index (χ4v) is 2.81. The minimum absolute atomic E-state index is 0.0145. The van der Waals surface area contributed by atoms with Gasteiger partial charge in [-0.3, -0.25) is 9.59 Å². The maximum absolute atomic E-state index is 12.5. The van der Waals surface area contributed by atoms with E-state index in [2.05, 4.69) is 9.97 Å². The number of ether oxygens (including phenoxy) is 1. The van der Waals surface area contributed by atoms with Crippen LogP contribution in [0.15, 0.2) is 35.1 Å². The summed E-state index contributed by atoms with van der Waals surface area (Å²) in [5.74, 6) is 0.476. The first-order chi connectivity index (χ1) is 11.5. The van der Waals surface area contributed by atoms with Gasteiger partial charge in [-0.25, -0.2) is 4.98 Å². The number of hydrogen-bond acceptors (Lipinski definition) is 4. The minimum atomic E-state index is -0.416. The van der Waals surface area contributed by atoms with Crippen LogP contribution in [-0.2, 0) is 16.0 Å². The second-order valence-corrected chi connectivity index (χ2v) is 6.21. The largest absolute Gasteiger partial charge is 0.367 e. The molecule has 0 radical (unpaired) electrons. The van der Waals surface area contributed by atoms with Crippen molar-refractivity contribution in [1.29, 1.82) is 0 Å². The van der Waals surface area contributed by atoms with Crippen LogP contribution in [-0.4, -0.2) is 40.5 Å². The minimum Gasteiger partial charge on any atom is -0.367 e. The van der Waals surface area contributed by atoms with Gasteiger partial charge in [-0.1, -0.05) is 23.7 Å². The lowest BCUT2D eigenvalue weighted by atomic mass is 10.1. The van der Waals surface area contributed by atoms with Crippen molar-refractivity contribution in [3.05, 3.63) is 62.8 Å². The van der Waals surface area contributed by atoms with Crippen LogP contribution in [0.2, 0.25) is 5.02 Å². The number of H-pyrrole nitrogens is 1. The predicted octanol–water partition coefficient (Wildman–Crippen LogP) is 1.87. The van der Waals surface area contributed by atoms with Gasteiger partial charge in [-0.05, 0) is 24.6 Å². The Hall–Kier alpha value is -2.18. The van der Waals surface area contributed by atoms with E-state index in [-0.39, 0.29) is 11.5 Å². The van der Waals surface area contributed by atoms with Crippen molar-refractivity contribution in [3.8, 4) is 0 Å². The van der Waals surface area contributed by atoms with Crippen LogP contribution in [0.25, 0.3) is 0 Å². The summed E-state index contributed by atoms with van der Waals surface area (Å²) in [7, 11) is 0. The molecule has 1 N–H and O–H groups in total. The number of carbonyl (C=O) groups excluding carboxylic acids is 1. The van der Waals surface area contributed by atoms with Crippen molar-refractivity contribution < 1.29 is 9.53 Å². The lowest BCUT2D eigenvalue weighted by Crippen LogP contribution is -2.43. The summed E-state index contributed by atoms with van der Waals surface area (Å²) >= 11 is 5.86. The van der Waals surface area contributed by atoms with Gasteiger partial charge < -0.3 is 14.6 Å². The summed E-state index contributed by atoms with van der Waals surface area (Å²) in [6.07, 6.45) is -0.109. The number of aromatic amines is 1. The van der Waals surface area contributed by atoms with E-state index >= 15 is 0 Å². The Labute approximate surface area is 144 Å². The Morgan fingerprint density at radius 3 is 2.88 bits per heavy atom. The van der Waals surface area contributed by atoms with E-state index in [0.29, 0.717) is 42.7 Å². The molecule has 1 unspecified atom stereocenters. The fraction of sp³-hybridized carbons (Fsp3) is 0.353. The van der Waals surface area contributed by atoms with Gasteiger partial charge in [0.15, 0.2) is 0 Å². The molecule has 1 aromatic carbocycles. The van der Waals surface area contributed by atoms with Gasteiger partial charge in [0.05, 0.1) is 19.6 Å². The molecule has 7 heteroatoms. The molecule has 1 aliphatic rings. The Bertz CT molecular complexity index is 788. The maximum atomic E-state index is 12.5. The molecule has 0 saturated carbocycles. The van der Waals surface area contributed by atoms with Crippen molar-refractivity contribution in [2.24, 2.45) is 0 Å². The average molecular weight is 348 g/mol. The van der Waals surface area contributed by atoms with Crippen molar-refractivity contribution in [2.75, 3.05) is 19.7 Å².